The first kappa shape index (κ1) is 9.14. The summed E-state index contributed by atoms with van der Waals surface area (Å²) in [5.74, 6) is 0.0163. The monoisotopic (exact) mass is 196 g/mol. The predicted octanol–water partition coefficient (Wildman–Crippen LogP) is -1.88. The fourth-order valence-corrected chi connectivity index (χ4v) is 1.91. The average molecular weight is 196 g/mol. The van der Waals surface area contributed by atoms with Gasteiger partial charge in [0, 0.05) is 13.0 Å². The van der Waals surface area contributed by atoms with E-state index in [0.717, 1.165) is 0 Å². The number of hydrogen-bond donors (Lipinski definition) is 3. The number of rotatable bonds is 1. The quantitative estimate of drug-likeness (QED) is 0.458. The molecule has 6 nitrogen and oxygen atoms in total. The molecule has 6 heteroatoms. The van der Waals surface area contributed by atoms with Gasteiger partial charge in [0.05, 0.1) is 6.04 Å². The van der Waals surface area contributed by atoms with Gasteiger partial charge in [-0.05, 0) is 6.92 Å². The summed E-state index contributed by atoms with van der Waals surface area (Å²) in [4.78, 5) is 26.7. The van der Waals surface area contributed by atoms with Crippen LogP contribution in [-0.2, 0) is 9.59 Å². The molecule has 2 aliphatic heterocycles. The Bertz CT molecular complexity index is 338. The van der Waals surface area contributed by atoms with Crippen molar-refractivity contribution in [2.75, 3.05) is 6.54 Å². The van der Waals surface area contributed by atoms with Gasteiger partial charge in [0.2, 0.25) is 5.91 Å². The van der Waals surface area contributed by atoms with Crippen molar-refractivity contribution in [2.24, 2.45) is 10.7 Å². The molecule has 4 N–H and O–H groups in total. The zero-order chi connectivity index (χ0) is 10.3. The van der Waals surface area contributed by atoms with Gasteiger partial charge >= 0.3 is 0 Å². The molecule has 1 saturated heterocycles. The third kappa shape index (κ3) is 1.19. The summed E-state index contributed by atoms with van der Waals surface area (Å²) in [5.41, 5.74) is 4.35. The second-order valence-electron chi connectivity index (χ2n) is 3.72. The van der Waals surface area contributed by atoms with E-state index in [1.54, 1.807) is 6.92 Å². The Morgan fingerprint density at radius 3 is 2.86 bits per heavy atom. The number of amidine groups is 1. The maximum Gasteiger partial charge on any atom is 0.254 e. The highest BCUT2D eigenvalue weighted by molar-refractivity contribution is 6.08. The van der Waals surface area contributed by atoms with Crippen molar-refractivity contribution in [3.63, 3.8) is 0 Å². The van der Waals surface area contributed by atoms with Crippen LogP contribution in [0.25, 0.3) is 0 Å². The van der Waals surface area contributed by atoms with Crippen LogP contribution < -0.4 is 16.4 Å². The Balaban J connectivity index is 2.21. The van der Waals surface area contributed by atoms with Crippen molar-refractivity contribution >= 4 is 17.6 Å². The first-order valence-electron chi connectivity index (χ1n) is 4.44. The molecule has 0 aromatic heterocycles. The van der Waals surface area contributed by atoms with Crippen LogP contribution >= 0.6 is 0 Å². The van der Waals surface area contributed by atoms with Gasteiger partial charge in [0.1, 0.15) is 5.84 Å². The van der Waals surface area contributed by atoms with Gasteiger partial charge in [-0.2, -0.15) is 0 Å². The fraction of sp³-hybridized carbons (Fsp3) is 0.625. The van der Waals surface area contributed by atoms with Crippen LogP contribution in [0.4, 0.5) is 0 Å². The normalized spacial score (nSPS) is 35.9. The predicted molar refractivity (Wildman–Crippen MR) is 49.6 cm³/mol. The topological polar surface area (TPSA) is 96.6 Å². The van der Waals surface area contributed by atoms with Crippen molar-refractivity contribution in [2.45, 2.75) is 24.9 Å². The summed E-state index contributed by atoms with van der Waals surface area (Å²) in [6.07, 6.45) is 0.353. The summed E-state index contributed by atoms with van der Waals surface area (Å²) in [6.45, 7) is 2.11. The van der Waals surface area contributed by atoms with Gasteiger partial charge < -0.3 is 16.4 Å². The summed E-state index contributed by atoms with van der Waals surface area (Å²) in [7, 11) is 0. The third-order valence-electron chi connectivity index (χ3n) is 2.62. The highest BCUT2D eigenvalue weighted by Crippen LogP contribution is 2.27. The van der Waals surface area contributed by atoms with Gasteiger partial charge in [0.25, 0.3) is 5.91 Å². The second kappa shape index (κ2) is 2.78. The molecule has 0 unspecified atom stereocenters. The maximum absolute atomic E-state index is 11.6. The molecule has 2 rings (SSSR count). The van der Waals surface area contributed by atoms with Gasteiger partial charge in [-0.15, -0.1) is 0 Å². The Labute approximate surface area is 80.9 Å². The molecule has 2 heterocycles. The Kier molecular flexibility index (Phi) is 1.81. The van der Waals surface area contributed by atoms with Crippen molar-refractivity contribution in [3.05, 3.63) is 0 Å². The molecule has 0 aliphatic carbocycles. The van der Waals surface area contributed by atoms with Crippen LogP contribution in [0.15, 0.2) is 4.99 Å². The molecule has 2 atom stereocenters. The van der Waals surface area contributed by atoms with Gasteiger partial charge in [0.15, 0.2) is 5.54 Å². The second-order valence-corrected chi connectivity index (χ2v) is 3.72. The van der Waals surface area contributed by atoms with E-state index in [1.807, 2.05) is 0 Å². The number of aliphatic imine (C=N–C) groups is 1. The van der Waals surface area contributed by atoms with Crippen molar-refractivity contribution < 1.29 is 9.59 Å². The molecule has 0 aromatic rings. The number of amides is 2. The lowest BCUT2D eigenvalue weighted by Crippen LogP contribution is -2.41. The smallest absolute Gasteiger partial charge is 0.254 e. The van der Waals surface area contributed by atoms with Gasteiger partial charge in [-0.25, -0.2) is 0 Å². The lowest BCUT2D eigenvalue weighted by atomic mass is 9.96. The lowest BCUT2D eigenvalue weighted by molar-refractivity contribution is -0.123. The number of primary amides is 1. The minimum absolute atomic E-state index is 0.147. The van der Waals surface area contributed by atoms with E-state index in [4.69, 9.17) is 5.73 Å². The Hall–Kier alpha value is -1.43. The van der Waals surface area contributed by atoms with E-state index in [-0.39, 0.29) is 5.91 Å². The highest BCUT2D eigenvalue weighted by Gasteiger charge is 2.49. The first-order valence-corrected chi connectivity index (χ1v) is 4.44. The average Bonchev–Trinajstić information content (AvgIpc) is 2.59. The van der Waals surface area contributed by atoms with E-state index < -0.39 is 17.5 Å². The molecule has 0 saturated carbocycles. The fourth-order valence-electron chi connectivity index (χ4n) is 1.91. The van der Waals surface area contributed by atoms with Gasteiger partial charge in [-0.1, -0.05) is 0 Å². The summed E-state index contributed by atoms with van der Waals surface area (Å²) in [5, 5.41) is 5.53. The molecular weight excluding hydrogens is 184 g/mol. The number of carbonyl (C=O) groups is 2. The Morgan fingerprint density at radius 2 is 2.43 bits per heavy atom. The summed E-state index contributed by atoms with van der Waals surface area (Å²) < 4.78 is 0. The molecule has 76 valence electrons. The van der Waals surface area contributed by atoms with Crippen LogP contribution in [0, 0.1) is 0 Å². The SMILES string of the molecule is CC1=N[C@]2(CN[C@H](C(N)=O)C2)C(=O)N1. The van der Waals surface area contributed by atoms with E-state index in [0.29, 0.717) is 18.8 Å². The molecular formula is C8H12N4O2. The maximum atomic E-state index is 11.6. The minimum atomic E-state index is -0.802. The van der Waals surface area contributed by atoms with Crippen molar-refractivity contribution in [1.82, 2.24) is 10.6 Å². The number of hydrogen-bond acceptors (Lipinski definition) is 4. The lowest BCUT2D eigenvalue weighted by Gasteiger charge is -2.14. The van der Waals surface area contributed by atoms with Crippen LogP contribution in [0.3, 0.4) is 0 Å². The number of carbonyl (C=O) groups excluding carboxylic acids is 2. The molecule has 14 heavy (non-hydrogen) atoms. The highest BCUT2D eigenvalue weighted by atomic mass is 16.2. The van der Waals surface area contributed by atoms with Crippen LogP contribution in [0.1, 0.15) is 13.3 Å². The van der Waals surface area contributed by atoms with E-state index in [1.165, 1.54) is 0 Å². The van der Waals surface area contributed by atoms with Crippen LogP contribution in [-0.4, -0.2) is 35.8 Å². The van der Waals surface area contributed by atoms with E-state index in [2.05, 4.69) is 15.6 Å². The Morgan fingerprint density at radius 1 is 1.71 bits per heavy atom. The minimum Gasteiger partial charge on any atom is -0.368 e. The van der Waals surface area contributed by atoms with Crippen molar-refractivity contribution in [1.29, 1.82) is 0 Å². The molecule has 2 aliphatic rings. The van der Waals surface area contributed by atoms with E-state index in [9.17, 15) is 9.59 Å². The van der Waals surface area contributed by atoms with Crippen molar-refractivity contribution in [3.8, 4) is 0 Å². The molecule has 1 fully saturated rings. The standard InChI is InChI=1S/C8H12N4O2/c1-4-11-7(14)8(12-4)2-5(6(9)13)10-3-8/h5,10H,2-3H2,1H3,(H2,9,13)(H,11,12,14)/t5-,8+/m0/s1. The molecule has 1 spiro atoms. The number of nitrogens with one attached hydrogen (secondary N) is 2. The number of nitrogens with two attached hydrogens (primary N) is 1. The summed E-state index contributed by atoms with van der Waals surface area (Å²) in [6, 6.07) is -0.449. The number of nitrogens with zero attached hydrogens (tertiary/aromatic N) is 1. The van der Waals surface area contributed by atoms with E-state index >= 15 is 0 Å². The largest absolute Gasteiger partial charge is 0.368 e. The molecule has 2 amide bonds. The zero-order valence-electron chi connectivity index (χ0n) is 7.83. The van der Waals surface area contributed by atoms with Gasteiger partial charge in [-0.3, -0.25) is 14.6 Å². The zero-order valence-corrected chi connectivity index (χ0v) is 7.83. The van der Waals surface area contributed by atoms with Crippen LogP contribution in [0.2, 0.25) is 0 Å². The molecule has 0 bridgehead atoms. The molecule has 0 aromatic carbocycles. The molecule has 0 radical (unpaired) electrons. The third-order valence-corrected chi connectivity index (χ3v) is 2.62. The van der Waals surface area contributed by atoms with Crippen LogP contribution in [0.5, 0.6) is 0 Å². The summed E-state index contributed by atoms with van der Waals surface area (Å²) >= 11 is 0. The first-order chi connectivity index (χ1) is 6.53.